The predicted molar refractivity (Wildman–Crippen MR) is 166 cm³/mol. The second-order valence-corrected chi connectivity index (χ2v) is 10.3. The molecule has 0 saturated carbocycles. The van der Waals surface area contributed by atoms with E-state index in [-0.39, 0.29) is 24.2 Å². The minimum atomic E-state index is -0.501. The third-order valence-corrected chi connectivity index (χ3v) is 7.20. The molecule has 0 atom stereocenters. The third kappa shape index (κ3) is 7.96. The van der Waals surface area contributed by atoms with Crippen LogP contribution in [0.3, 0.4) is 0 Å². The molecule has 10 heteroatoms. The molecular formula is C33H29N3O6S. The average Bonchev–Trinajstić information content (AvgIpc) is 3.50. The number of carbonyl (C=O) groups is 3. The summed E-state index contributed by atoms with van der Waals surface area (Å²) in [6, 6.07) is 28.3. The van der Waals surface area contributed by atoms with Gasteiger partial charge in [-0.2, -0.15) is 0 Å². The fourth-order valence-electron chi connectivity index (χ4n) is 4.14. The summed E-state index contributed by atoms with van der Waals surface area (Å²) in [7, 11) is 0. The predicted octanol–water partition coefficient (Wildman–Crippen LogP) is 5.95. The minimum Gasteiger partial charge on any atom is -0.493 e. The van der Waals surface area contributed by atoms with Gasteiger partial charge in [0.05, 0.1) is 12.4 Å². The van der Waals surface area contributed by atoms with Crippen molar-refractivity contribution in [3.63, 3.8) is 0 Å². The maximum atomic E-state index is 13.4. The molecule has 3 amide bonds. The van der Waals surface area contributed by atoms with E-state index in [9.17, 15) is 14.4 Å². The Labute approximate surface area is 253 Å². The van der Waals surface area contributed by atoms with Gasteiger partial charge in [-0.05, 0) is 67.6 Å². The fourth-order valence-corrected chi connectivity index (χ4v) is 4.84. The lowest BCUT2D eigenvalue weighted by molar-refractivity contribution is -0.114. The Morgan fingerprint density at radius 1 is 0.837 bits per heavy atom. The molecule has 4 aromatic carbocycles. The molecule has 9 nitrogen and oxygen atoms in total. The molecule has 0 aliphatic carbocycles. The van der Waals surface area contributed by atoms with E-state index in [1.54, 1.807) is 66.7 Å². The van der Waals surface area contributed by atoms with Crippen LogP contribution in [0.5, 0.6) is 17.2 Å². The molecule has 3 N–H and O–H groups in total. The van der Waals surface area contributed by atoms with Crippen LogP contribution in [-0.2, 0) is 9.59 Å². The van der Waals surface area contributed by atoms with Crippen molar-refractivity contribution in [2.24, 2.45) is 0 Å². The van der Waals surface area contributed by atoms with E-state index in [1.165, 1.54) is 11.8 Å². The van der Waals surface area contributed by atoms with Gasteiger partial charge in [-0.15, -0.1) is 11.8 Å². The number of rotatable bonds is 11. The molecule has 4 aromatic rings. The lowest BCUT2D eigenvalue weighted by Crippen LogP contribution is -2.30. The van der Waals surface area contributed by atoms with Gasteiger partial charge in [-0.3, -0.25) is 14.4 Å². The SMILES string of the molecule is CCOc1ccccc1/C=C(\NC(=O)c1ccccc1)C(=O)Nc1ccc(SCC(=O)Nc2ccc3c(c2)OCO3)cc1. The van der Waals surface area contributed by atoms with Gasteiger partial charge in [0.1, 0.15) is 11.4 Å². The number of nitrogens with one attached hydrogen (secondary N) is 3. The maximum absolute atomic E-state index is 13.4. The first-order chi connectivity index (χ1) is 21.0. The molecule has 0 spiro atoms. The second kappa shape index (κ2) is 14.1. The average molecular weight is 596 g/mol. The van der Waals surface area contributed by atoms with Crippen LogP contribution in [0, 0.1) is 0 Å². The summed E-state index contributed by atoms with van der Waals surface area (Å²) >= 11 is 1.36. The van der Waals surface area contributed by atoms with Gasteiger partial charge in [0.15, 0.2) is 11.5 Å². The molecule has 0 radical (unpaired) electrons. The van der Waals surface area contributed by atoms with Crippen LogP contribution in [0.25, 0.3) is 6.08 Å². The Bertz CT molecular complexity index is 1640. The van der Waals surface area contributed by atoms with E-state index in [4.69, 9.17) is 14.2 Å². The largest absolute Gasteiger partial charge is 0.493 e. The summed E-state index contributed by atoms with van der Waals surface area (Å²) in [4.78, 5) is 39.6. The smallest absolute Gasteiger partial charge is 0.272 e. The number of para-hydroxylation sites is 1. The second-order valence-electron chi connectivity index (χ2n) is 9.23. The van der Waals surface area contributed by atoms with Gasteiger partial charge in [0, 0.05) is 33.5 Å². The molecule has 0 fully saturated rings. The van der Waals surface area contributed by atoms with Gasteiger partial charge in [0.2, 0.25) is 12.7 Å². The Hall–Kier alpha value is -5.22. The summed E-state index contributed by atoms with van der Waals surface area (Å²) in [6.07, 6.45) is 1.59. The van der Waals surface area contributed by atoms with Crippen LogP contribution < -0.4 is 30.2 Å². The van der Waals surface area contributed by atoms with Crippen LogP contribution in [0.1, 0.15) is 22.8 Å². The number of thioether (sulfide) groups is 1. The van der Waals surface area contributed by atoms with Crippen LogP contribution in [0.4, 0.5) is 11.4 Å². The highest BCUT2D eigenvalue weighted by atomic mass is 32.2. The lowest BCUT2D eigenvalue weighted by Gasteiger charge is -2.13. The first-order valence-electron chi connectivity index (χ1n) is 13.5. The molecule has 0 saturated heterocycles. The van der Waals surface area contributed by atoms with E-state index < -0.39 is 11.8 Å². The van der Waals surface area contributed by atoms with Crippen LogP contribution in [0.2, 0.25) is 0 Å². The van der Waals surface area contributed by atoms with Crippen molar-refractivity contribution in [3.05, 3.63) is 114 Å². The number of carbonyl (C=O) groups excluding carboxylic acids is 3. The number of ether oxygens (including phenoxy) is 3. The molecule has 0 bridgehead atoms. The number of hydrogen-bond acceptors (Lipinski definition) is 7. The van der Waals surface area contributed by atoms with Crippen LogP contribution in [0.15, 0.2) is 108 Å². The van der Waals surface area contributed by atoms with Crippen LogP contribution in [-0.4, -0.2) is 36.9 Å². The molecule has 5 rings (SSSR count). The number of hydrogen-bond donors (Lipinski definition) is 3. The van der Waals surface area contributed by atoms with Crippen molar-refractivity contribution < 1.29 is 28.6 Å². The topological polar surface area (TPSA) is 115 Å². The molecule has 1 aliphatic heterocycles. The normalized spacial score (nSPS) is 11.9. The van der Waals surface area contributed by atoms with Crippen molar-refractivity contribution in [1.29, 1.82) is 0 Å². The van der Waals surface area contributed by atoms with E-state index in [1.807, 2.05) is 43.3 Å². The van der Waals surface area contributed by atoms with Gasteiger partial charge in [-0.25, -0.2) is 0 Å². The quantitative estimate of drug-likeness (QED) is 0.145. The number of benzene rings is 4. The van der Waals surface area contributed by atoms with Crippen LogP contribution >= 0.6 is 11.8 Å². The van der Waals surface area contributed by atoms with E-state index in [2.05, 4.69) is 16.0 Å². The van der Waals surface area contributed by atoms with Gasteiger partial charge >= 0.3 is 0 Å². The Morgan fingerprint density at radius 3 is 2.35 bits per heavy atom. The number of amides is 3. The fraction of sp³-hybridized carbons (Fsp3) is 0.121. The molecule has 0 aromatic heterocycles. The van der Waals surface area contributed by atoms with Gasteiger partial charge < -0.3 is 30.2 Å². The van der Waals surface area contributed by atoms with E-state index in [0.717, 1.165) is 4.90 Å². The highest BCUT2D eigenvalue weighted by Crippen LogP contribution is 2.34. The lowest BCUT2D eigenvalue weighted by atomic mass is 10.1. The standard InChI is InChI=1S/C33H29N3O6S/c1-2-40-28-11-7-6-10-23(28)18-27(36-32(38)22-8-4-3-5-9-22)33(39)35-24-12-15-26(16-13-24)43-20-31(37)34-25-14-17-29-30(19-25)42-21-41-29/h3-19H,2,20-21H2,1H3,(H,34,37)(H,35,39)(H,36,38)/b27-18-. The molecule has 1 heterocycles. The van der Waals surface area contributed by atoms with Crippen molar-refractivity contribution in [3.8, 4) is 17.2 Å². The molecule has 1 aliphatic rings. The van der Waals surface area contributed by atoms with Gasteiger partial charge in [-0.1, -0.05) is 36.4 Å². The summed E-state index contributed by atoms with van der Waals surface area (Å²) in [5.74, 6) is 0.944. The summed E-state index contributed by atoms with van der Waals surface area (Å²) in [5.41, 5.74) is 2.27. The molecule has 218 valence electrons. The number of anilines is 2. The summed E-state index contributed by atoms with van der Waals surface area (Å²) in [5, 5.41) is 8.43. The highest BCUT2D eigenvalue weighted by Gasteiger charge is 2.17. The first-order valence-corrected chi connectivity index (χ1v) is 14.5. The Balaban J connectivity index is 1.23. The van der Waals surface area contributed by atoms with Crippen molar-refractivity contribution in [2.75, 3.05) is 29.8 Å². The van der Waals surface area contributed by atoms with Crippen molar-refractivity contribution in [2.45, 2.75) is 11.8 Å². The molecule has 0 unspecified atom stereocenters. The van der Waals surface area contributed by atoms with Crippen molar-refractivity contribution >= 4 is 46.9 Å². The monoisotopic (exact) mass is 595 g/mol. The van der Waals surface area contributed by atoms with Crippen molar-refractivity contribution in [1.82, 2.24) is 5.32 Å². The Morgan fingerprint density at radius 2 is 1.56 bits per heavy atom. The van der Waals surface area contributed by atoms with Gasteiger partial charge in [0.25, 0.3) is 11.8 Å². The summed E-state index contributed by atoms with van der Waals surface area (Å²) in [6.45, 7) is 2.49. The third-order valence-electron chi connectivity index (χ3n) is 6.19. The Kier molecular flexibility index (Phi) is 9.60. The minimum absolute atomic E-state index is 0.0552. The zero-order chi connectivity index (χ0) is 30.0. The zero-order valence-electron chi connectivity index (χ0n) is 23.3. The highest BCUT2D eigenvalue weighted by molar-refractivity contribution is 8.00. The number of fused-ring (bicyclic) bond motifs is 1. The molecular weight excluding hydrogens is 566 g/mol. The maximum Gasteiger partial charge on any atom is 0.272 e. The first kappa shape index (κ1) is 29.3. The molecule has 43 heavy (non-hydrogen) atoms. The summed E-state index contributed by atoms with van der Waals surface area (Å²) < 4.78 is 16.3. The van der Waals surface area contributed by atoms with E-state index >= 15 is 0 Å². The van der Waals surface area contributed by atoms with E-state index in [0.29, 0.717) is 46.4 Å². The zero-order valence-corrected chi connectivity index (χ0v) is 24.1.